The number of carbonyl (C=O) groups is 8. The topological polar surface area (TPSA) is 359 Å². The standard InChI is InChI=1S/C74H130O25/c1-9-17-25-29-37-45-59(81)94-68-66(92-57(79)43-35-23-15-7)53(50-89-55(77)41-33-21-13-5)91-73(70(68)96-61(83)47-39-31-27-19-11-3)99-74(71(88)65(87)64(86)63(85)52(76)49-75)72(97-62(84)48-40-32-28-20-12-4)69(95-60(82)46-38-30-26-18-10-2)67(93-58(80)44-36-24-16-8)54(98-74)51-90-56(78)42-34-22-14-6/h52-54,63-73,75-76,85-88H,9-51H2,1-8H3/t52-,53-,54-,63-,64+,65+,66-,67-,68+,69+,70+,71?,72+,73+,74+/m1/s1. The SMILES string of the molecule is CCCCCCCC(=O)O[C@@H]1[C@H](OC(=O)CCCCCCC)[C@H](O[C@]2(C(O)[C@@H](O)[C@@H](O)[C@H](O)[C@H](O)CO)O[C@H](COC(=O)CCCCC)[C@@H](OC(=O)CCCCC)[C@H](OC(=O)CCCCCCC)[C@@H]2OC(=O)CCCCCCC)O[C@H](COC(=O)CCCCC)[C@H]1OC(=O)CCCCC. The molecule has 0 radical (unpaired) electrons. The molecule has 0 saturated carbocycles. The Morgan fingerprint density at radius 2 is 0.626 bits per heavy atom. The van der Waals surface area contributed by atoms with Crippen LogP contribution in [-0.4, -0.2) is 190 Å². The second kappa shape index (κ2) is 54.1. The fourth-order valence-electron chi connectivity index (χ4n) is 11.9. The van der Waals surface area contributed by atoms with Gasteiger partial charge in [0.15, 0.2) is 36.6 Å². The molecule has 99 heavy (non-hydrogen) atoms. The molecule has 2 heterocycles. The molecule has 0 aromatic carbocycles. The van der Waals surface area contributed by atoms with E-state index in [1.807, 2.05) is 55.4 Å². The zero-order chi connectivity index (χ0) is 73.4. The smallest absolute Gasteiger partial charge is 0.306 e. The molecule has 0 bridgehead atoms. The van der Waals surface area contributed by atoms with Gasteiger partial charge in [-0.3, -0.25) is 38.4 Å². The van der Waals surface area contributed by atoms with Crippen LogP contribution in [0.5, 0.6) is 0 Å². The van der Waals surface area contributed by atoms with E-state index in [2.05, 4.69) is 0 Å². The summed E-state index contributed by atoms with van der Waals surface area (Å²) in [5.74, 6) is -10.6. The Bertz CT molecular complexity index is 2220. The number of ether oxygens (including phenoxy) is 11. The maximum Gasteiger partial charge on any atom is 0.306 e. The van der Waals surface area contributed by atoms with Gasteiger partial charge in [-0.25, -0.2) is 0 Å². The number of hydrogen-bond acceptors (Lipinski definition) is 25. The van der Waals surface area contributed by atoms with E-state index < -0.39 is 159 Å². The van der Waals surface area contributed by atoms with Crippen molar-refractivity contribution in [1.82, 2.24) is 0 Å². The first kappa shape index (κ1) is 90.5. The molecule has 0 amide bonds. The van der Waals surface area contributed by atoms with Crippen LogP contribution in [0.3, 0.4) is 0 Å². The Morgan fingerprint density at radius 3 is 1.00 bits per heavy atom. The van der Waals surface area contributed by atoms with Gasteiger partial charge in [0, 0.05) is 51.4 Å². The molecule has 1 unspecified atom stereocenters. The molecule has 2 fully saturated rings. The molecule has 0 aliphatic carbocycles. The van der Waals surface area contributed by atoms with Crippen molar-refractivity contribution in [3.8, 4) is 0 Å². The zero-order valence-corrected chi connectivity index (χ0v) is 61.4. The molecule has 2 rings (SSSR count). The van der Waals surface area contributed by atoms with E-state index in [0.717, 1.165) is 83.5 Å². The highest BCUT2D eigenvalue weighted by atomic mass is 16.8. The van der Waals surface area contributed by atoms with E-state index in [9.17, 15) is 69.0 Å². The second-order valence-electron chi connectivity index (χ2n) is 26.7. The number of unbranched alkanes of at least 4 members (excludes halogenated alkanes) is 24. The monoisotopic (exact) mass is 1420 g/mol. The third-order valence-electron chi connectivity index (χ3n) is 17.9. The average Bonchev–Trinajstić information content (AvgIpc) is 0.727. The number of rotatable bonds is 58. The highest BCUT2D eigenvalue weighted by Crippen LogP contribution is 2.45. The van der Waals surface area contributed by atoms with Crippen LogP contribution in [-0.2, 0) is 90.5 Å². The van der Waals surface area contributed by atoms with Crippen LogP contribution in [0.2, 0.25) is 0 Å². The Hall–Kier alpha value is -4.60. The summed E-state index contributed by atoms with van der Waals surface area (Å²) in [6, 6.07) is 0. The molecule has 25 nitrogen and oxygen atoms in total. The van der Waals surface area contributed by atoms with E-state index >= 15 is 0 Å². The van der Waals surface area contributed by atoms with Gasteiger partial charge in [-0.2, -0.15) is 0 Å². The minimum Gasteiger partial charge on any atom is -0.463 e. The predicted octanol–water partition coefficient (Wildman–Crippen LogP) is 10.9. The highest BCUT2D eigenvalue weighted by Gasteiger charge is 2.69. The number of esters is 8. The van der Waals surface area contributed by atoms with Gasteiger partial charge in [0.1, 0.15) is 55.9 Å². The van der Waals surface area contributed by atoms with E-state index in [1.165, 1.54) is 0 Å². The lowest BCUT2D eigenvalue weighted by Gasteiger charge is -2.55. The van der Waals surface area contributed by atoms with E-state index in [-0.39, 0.29) is 70.6 Å². The van der Waals surface area contributed by atoms with Crippen LogP contribution in [0.4, 0.5) is 0 Å². The first-order valence-electron chi connectivity index (χ1n) is 38.2. The summed E-state index contributed by atoms with van der Waals surface area (Å²) < 4.78 is 70.7. The highest BCUT2D eigenvalue weighted by molar-refractivity contribution is 5.73. The van der Waals surface area contributed by atoms with Crippen LogP contribution in [0, 0.1) is 0 Å². The van der Waals surface area contributed by atoms with Crippen LogP contribution in [0.15, 0.2) is 0 Å². The van der Waals surface area contributed by atoms with Crippen molar-refractivity contribution in [2.45, 2.75) is 404 Å². The lowest BCUT2D eigenvalue weighted by Crippen LogP contribution is -2.76. The van der Waals surface area contributed by atoms with Gasteiger partial charge in [0.05, 0.1) is 6.61 Å². The minimum absolute atomic E-state index is 0.0729. The second-order valence-corrected chi connectivity index (χ2v) is 26.7. The first-order chi connectivity index (χ1) is 47.7. The molecule has 2 aliphatic rings. The summed E-state index contributed by atoms with van der Waals surface area (Å²) in [6.45, 7) is 12.8. The van der Waals surface area contributed by atoms with Gasteiger partial charge in [-0.15, -0.1) is 0 Å². The normalized spacial score (nSPS) is 23.0. The van der Waals surface area contributed by atoms with Gasteiger partial charge in [-0.1, -0.05) is 209 Å². The number of hydrogen-bond donors (Lipinski definition) is 6. The molecule has 0 aromatic heterocycles. The molecular formula is C74H130O25. The largest absolute Gasteiger partial charge is 0.463 e. The number of carbonyl (C=O) groups excluding carboxylic acids is 8. The van der Waals surface area contributed by atoms with Crippen LogP contribution in [0.1, 0.15) is 312 Å². The lowest BCUT2D eigenvalue weighted by molar-refractivity contribution is -0.446. The molecule has 6 N–H and O–H groups in total. The van der Waals surface area contributed by atoms with Crippen molar-refractivity contribution in [3.05, 3.63) is 0 Å². The van der Waals surface area contributed by atoms with Crippen molar-refractivity contribution in [2.24, 2.45) is 0 Å². The summed E-state index contributed by atoms with van der Waals surface area (Å²) in [5, 5.41) is 70.2. The Balaban J connectivity index is 3.53. The molecule has 2 saturated heterocycles. The third-order valence-corrected chi connectivity index (χ3v) is 17.9. The van der Waals surface area contributed by atoms with Crippen molar-refractivity contribution in [1.29, 1.82) is 0 Å². The fraction of sp³-hybridized carbons (Fsp3) is 0.892. The summed E-state index contributed by atoms with van der Waals surface area (Å²) >= 11 is 0. The zero-order valence-electron chi connectivity index (χ0n) is 61.4. The van der Waals surface area contributed by atoms with Crippen molar-refractivity contribution >= 4 is 47.8 Å². The average molecular weight is 1420 g/mol. The summed E-state index contributed by atoms with van der Waals surface area (Å²) in [7, 11) is 0. The predicted molar refractivity (Wildman–Crippen MR) is 366 cm³/mol. The molecule has 0 spiro atoms. The maximum absolute atomic E-state index is 14.9. The van der Waals surface area contributed by atoms with Crippen LogP contribution < -0.4 is 0 Å². The number of aliphatic hydroxyl groups excluding tert-OH is 6. The summed E-state index contributed by atoms with van der Waals surface area (Å²) in [5.41, 5.74) is 0. The first-order valence-corrected chi connectivity index (χ1v) is 38.2. The molecular weight excluding hydrogens is 1290 g/mol. The Morgan fingerprint density at radius 1 is 0.333 bits per heavy atom. The van der Waals surface area contributed by atoms with Crippen molar-refractivity contribution < 1.29 is 121 Å². The van der Waals surface area contributed by atoms with Crippen LogP contribution in [0.25, 0.3) is 0 Å². The Labute approximate surface area is 590 Å². The van der Waals surface area contributed by atoms with Gasteiger partial charge in [0.2, 0.25) is 12.1 Å². The third kappa shape index (κ3) is 35.0. The van der Waals surface area contributed by atoms with E-state index in [0.29, 0.717) is 103 Å². The molecule has 576 valence electrons. The van der Waals surface area contributed by atoms with Gasteiger partial charge in [0.25, 0.3) is 0 Å². The quantitative estimate of drug-likeness (QED) is 0.0187. The maximum atomic E-state index is 14.9. The van der Waals surface area contributed by atoms with Crippen LogP contribution >= 0.6 is 0 Å². The van der Waals surface area contributed by atoms with Gasteiger partial charge >= 0.3 is 47.8 Å². The fourth-order valence-corrected chi connectivity index (χ4v) is 11.9. The Kier molecular flexibility index (Phi) is 49.5. The summed E-state index contributed by atoms with van der Waals surface area (Å²) in [4.78, 5) is 115. The summed E-state index contributed by atoms with van der Waals surface area (Å²) in [6.07, 6.45) is -13.9. The lowest BCUT2D eigenvalue weighted by atomic mass is 9.84. The molecule has 15 atom stereocenters. The van der Waals surface area contributed by atoms with Crippen molar-refractivity contribution in [3.63, 3.8) is 0 Å². The molecule has 0 aromatic rings. The van der Waals surface area contributed by atoms with Gasteiger partial charge in [-0.05, 0) is 51.4 Å². The van der Waals surface area contributed by atoms with Gasteiger partial charge < -0.3 is 82.7 Å². The minimum atomic E-state index is -3.53. The van der Waals surface area contributed by atoms with Crippen molar-refractivity contribution in [2.75, 3.05) is 19.8 Å². The number of aliphatic hydroxyl groups is 6. The molecule has 2 aliphatic heterocycles. The van der Waals surface area contributed by atoms with E-state index in [4.69, 9.17) is 52.1 Å². The van der Waals surface area contributed by atoms with E-state index in [1.54, 1.807) is 0 Å². The molecule has 25 heteroatoms.